The summed E-state index contributed by atoms with van der Waals surface area (Å²) in [6.45, 7) is 2.05. The zero-order valence-electron chi connectivity index (χ0n) is 9.27. The highest BCUT2D eigenvalue weighted by atomic mass is 35.5. The number of hydrogen-bond acceptors (Lipinski definition) is 4. The molecule has 0 aliphatic heterocycles. The average molecular weight is 277 g/mol. The SMILES string of the molecule is CCOC(=O)/C=C(/N)Nc1ccc(Cl)cc1.Cl. The summed E-state index contributed by atoms with van der Waals surface area (Å²) < 4.78 is 4.71. The van der Waals surface area contributed by atoms with Gasteiger partial charge in [-0.1, -0.05) is 11.6 Å². The Bertz CT molecular complexity index is 391. The third-order valence-electron chi connectivity index (χ3n) is 1.69. The van der Waals surface area contributed by atoms with Crippen molar-refractivity contribution >= 4 is 35.7 Å². The van der Waals surface area contributed by atoms with E-state index in [1.807, 2.05) is 0 Å². The van der Waals surface area contributed by atoms with E-state index in [-0.39, 0.29) is 18.2 Å². The summed E-state index contributed by atoms with van der Waals surface area (Å²) in [5.74, 6) is -0.248. The maximum atomic E-state index is 11.1. The van der Waals surface area contributed by atoms with Crippen LogP contribution >= 0.6 is 24.0 Å². The lowest BCUT2D eigenvalue weighted by Crippen LogP contribution is -2.12. The van der Waals surface area contributed by atoms with Crippen LogP contribution in [0.25, 0.3) is 0 Å². The van der Waals surface area contributed by atoms with Gasteiger partial charge >= 0.3 is 5.97 Å². The lowest BCUT2D eigenvalue weighted by atomic mass is 10.3. The quantitative estimate of drug-likeness (QED) is 0.655. The number of anilines is 1. The topological polar surface area (TPSA) is 64.3 Å². The van der Waals surface area contributed by atoms with Gasteiger partial charge in [0.15, 0.2) is 0 Å². The first kappa shape index (κ1) is 15.6. The highest BCUT2D eigenvalue weighted by molar-refractivity contribution is 6.30. The Hall–Kier alpha value is -1.39. The predicted octanol–water partition coefficient (Wildman–Crippen LogP) is 2.54. The number of ether oxygens (including phenoxy) is 1. The van der Waals surface area contributed by atoms with Gasteiger partial charge in [0.1, 0.15) is 5.82 Å². The summed E-state index contributed by atoms with van der Waals surface area (Å²) in [6, 6.07) is 6.96. The summed E-state index contributed by atoms with van der Waals surface area (Å²) in [4.78, 5) is 11.1. The molecule has 0 spiro atoms. The Morgan fingerprint density at radius 2 is 2.06 bits per heavy atom. The predicted molar refractivity (Wildman–Crippen MR) is 71.2 cm³/mol. The summed E-state index contributed by atoms with van der Waals surface area (Å²) in [5.41, 5.74) is 6.34. The maximum Gasteiger partial charge on any atom is 0.334 e. The Morgan fingerprint density at radius 1 is 1.47 bits per heavy atom. The fourth-order valence-electron chi connectivity index (χ4n) is 1.05. The molecule has 1 rings (SSSR count). The summed E-state index contributed by atoms with van der Waals surface area (Å²) in [7, 11) is 0. The molecule has 6 heteroatoms. The number of benzene rings is 1. The Balaban J connectivity index is 0.00000256. The van der Waals surface area contributed by atoms with Gasteiger partial charge in [-0.05, 0) is 31.2 Å². The van der Waals surface area contributed by atoms with Gasteiger partial charge in [0.2, 0.25) is 0 Å². The number of halogens is 2. The molecule has 0 saturated carbocycles. The van der Waals surface area contributed by atoms with E-state index >= 15 is 0 Å². The Kier molecular flexibility index (Phi) is 7.18. The molecule has 0 aromatic heterocycles. The van der Waals surface area contributed by atoms with Crippen molar-refractivity contribution in [3.05, 3.63) is 41.2 Å². The number of nitrogens with one attached hydrogen (secondary N) is 1. The highest BCUT2D eigenvalue weighted by Gasteiger charge is 1.99. The molecule has 0 heterocycles. The molecule has 0 atom stereocenters. The van der Waals surface area contributed by atoms with E-state index in [1.54, 1.807) is 31.2 Å². The zero-order chi connectivity index (χ0) is 12.0. The average Bonchev–Trinajstić information content (AvgIpc) is 2.21. The molecule has 0 fully saturated rings. The lowest BCUT2D eigenvalue weighted by Gasteiger charge is -2.06. The zero-order valence-corrected chi connectivity index (χ0v) is 10.8. The van der Waals surface area contributed by atoms with Crippen molar-refractivity contribution in [2.24, 2.45) is 5.73 Å². The van der Waals surface area contributed by atoms with E-state index in [1.165, 1.54) is 6.08 Å². The van der Waals surface area contributed by atoms with Crippen molar-refractivity contribution in [3.8, 4) is 0 Å². The molecule has 0 aliphatic rings. The molecule has 0 radical (unpaired) electrons. The number of carbonyl (C=O) groups is 1. The van der Waals surface area contributed by atoms with Gasteiger partial charge in [0.25, 0.3) is 0 Å². The molecule has 0 aliphatic carbocycles. The van der Waals surface area contributed by atoms with Gasteiger partial charge in [0, 0.05) is 10.7 Å². The van der Waals surface area contributed by atoms with Crippen LogP contribution in [0.2, 0.25) is 5.02 Å². The van der Waals surface area contributed by atoms with Crippen molar-refractivity contribution in [3.63, 3.8) is 0 Å². The maximum absolute atomic E-state index is 11.1. The Morgan fingerprint density at radius 3 is 2.59 bits per heavy atom. The minimum absolute atomic E-state index is 0. The first-order chi connectivity index (χ1) is 7.61. The molecular formula is C11H14Cl2N2O2. The second-order valence-corrected chi connectivity index (χ2v) is 3.42. The van der Waals surface area contributed by atoms with Crippen LogP contribution < -0.4 is 11.1 Å². The molecule has 0 amide bonds. The normalized spacial score (nSPS) is 10.4. The first-order valence-electron chi connectivity index (χ1n) is 4.78. The van der Waals surface area contributed by atoms with Gasteiger partial charge in [-0.25, -0.2) is 4.79 Å². The van der Waals surface area contributed by atoms with E-state index in [9.17, 15) is 4.79 Å². The summed E-state index contributed by atoms with van der Waals surface area (Å²) in [5, 5.41) is 3.48. The molecule has 3 N–H and O–H groups in total. The van der Waals surface area contributed by atoms with Crippen LogP contribution in [-0.4, -0.2) is 12.6 Å². The van der Waals surface area contributed by atoms with Crippen LogP contribution in [0, 0.1) is 0 Å². The van der Waals surface area contributed by atoms with Crippen molar-refractivity contribution < 1.29 is 9.53 Å². The monoisotopic (exact) mass is 276 g/mol. The lowest BCUT2D eigenvalue weighted by molar-refractivity contribution is -0.137. The summed E-state index contributed by atoms with van der Waals surface area (Å²) in [6.07, 6.45) is 1.19. The van der Waals surface area contributed by atoms with Gasteiger partial charge in [0.05, 0.1) is 12.7 Å². The van der Waals surface area contributed by atoms with Crippen molar-refractivity contribution in [2.45, 2.75) is 6.92 Å². The van der Waals surface area contributed by atoms with Crippen LogP contribution in [0.1, 0.15) is 6.92 Å². The molecule has 1 aromatic rings. The number of rotatable bonds is 4. The largest absolute Gasteiger partial charge is 0.463 e. The minimum Gasteiger partial charge on any atom is -0.463 e. The van der Waals surface area contributed by atoms with Crippen molar-refractivity contribution in [1.82, 2.24) is 0 Å². The van der Waals surface area contributed by atoms with Crippen LogP contribution in [-0.2, 0) is 9.53 Å². The van der Waals surface area contributed by atoms with E-state index in [4.69, 9.17) is 22.1 Å². The van der Waals surface area contributed by atoms with Gasteiger partial charge in [-0.15, -0.1) is 12.4 Å². The van der Waals surface area contributed by atoms with E-state index in [0.29, 0.717) is 11.6 Å². The van der Waals surface area contributed by atoms with Crippen LogP contribution in [0.5, 0.6) is 0 Å². The van der Waals surface area contributed by atoms with Crippen LogP contribution in [0.15, 0.2) is 36.2 Å². The molecule has 0 unspecified atom stereocenters. The van der Waals surface area contributed by atoms with E-state index in [2.05, 4.69) is 5.32 Å². The highest BCUT2D eigenvalue weighted by Crippen LogP contribution is 2.13. The standard InChI is InChI=1S/C11H13ClN2O2.ClH/c1-2-16-11(15)7-10(13)14-9-5-3-8(12)4-6-9;/h3-7,14H,2,13H2,1H3;1H/b10-7-;. The fraction of sp³-hybridized carbons (Fsp3) is 0.182. The van der Waals surface area contributed by atoms with E-state index < -0.39 is 5.97 Å². The van der Waals surface area contributed by atoms with Crippen molar-refractivity contribution in [1.29, 1.82) is 0 Å². The molecule has 1 aromatic carbocycles. The molecular weight excluding hydrogens is 263 g/mol. The Labute approximate surface area is 111 Å². The van der Waals surface area contributed by atoms with Gasteiger partial charge in [-0.3, -0.25) is 0 Å². The smallest absolute Gasteiger partial charge is 0.334 e. The second-order valence-electron chi connectivity index (χ2n) is 2.98. The molecule has 0 bridgehead atoms. The molecule has 0 saturated heterocycles. The molecule has 17 heavy (non-hydrogen) atoms. The van der Waals surface area contributed by atoms with Gasteiger partial charge < -0.3 is 15.8 Å². The number of esters is 1. The van der Waals surface area contributed by atoms with Gasteiger partial charge in [-0.2, -0.15) is 0 Å². The molecule has 94 valence electrons. The summed E-state index contributed by atoms with van der Waals surface area (Å²) >= 11 is 5.73. The van der Waals surface area contributed by atoms with Crippen LogP contribution in [0.4, 0.5) is 5.69 Å². The van der Waals surface area contributed by atoms with Crippen molar-refractivity contribution in [2.75, 3.05) is 11.9 Å². The first-order valence-corrected chi connectivity index (χ1v) is 5.16. The number of nitrogens with two attached hydrogens (primary N) is 1. The molecule has 4 nitrogen and oxygen atoms in total. The number of hydrogen-bond donors (Lipinski definition) is 2. The second kappa shape index (κ2) is 7.81. The number of carbonyl (C=O) groups excluding carboxylic acids is 1. The van der Waals surface area contributed by atoms with E-state index in [0.717, 1.165) is 5.69 Å². The third kappa shape index (κ3) is 6.04. The fourth-order valence-corrected chi connectivity index (χ4v) is 1.17. The van der Waals surface area contributed by atoms with Crippen LogP contribution in [0.3, 0.4) is 0 Å². The third-order valence-corrected chi connectivity index (χ3v) is 1.94. The minimum atomic E-state index is -0.471.